The van der Waals surface area contributed by atoms with Crippen LogP contribution in [0, 0.1) is 0 Å². The zero-order chi connectivity index (χ0) is 18.8. The molecule has 0 N–H and O–H groups in total. The highest BCUT2D eigenvalue weighted by Crippen LogP contribution is 2.38. The molecule has 2 aromatic rings. The van der Waals surface area contributed by atoms with Crippen molar-refractivity contribution in [2.45, 2.75) is 12.4 Å². The summed E-state index contributed by atoms with van der Waals surface area (Å²) in [6.07, 6.45) is -6.90. The van der Waals surface area contributed by atoms with E-state index in [1.54, 1.807) is 14.1 Å². The van der Waals surface area contributed by atoms with Crippen LogP contribution in [0.3, 0.4) is 0 Å². The maximum absolute atomic E-state index is 13.2. The summed E-state index contributed by atoms with van der Waals surface area (Å²) < 4.78 is 77.3. The van der Waals surface area contributed by atoms with Crippen molar-refractivity contribution in [1.82, 2.24) is 9.88 Å². The number of rotatable bonds is 3. The minimum atomic E-state index is -4.70. The van der Waals surface area contributed by atoms with E-state index in [9.17, 15) is 26.3 Å². The van der Waals surface area contributed by atoms with Crippen LogP contribution < -0.4 is 0 Å². The lowest BCUT2D eigenvalue weighted by Crippen LogP contribution is -2.10. The normalized spacial score (nSPS) is 12.6. The van der Waals surface area contributed by atoms with E-state index in [2.05, 4.69) is 9.98 Å². The summed E-state index contributed by atoms with van der Waals surface area (Å²) in [5, 5.41) is 0. The second kappa shape index (κ2) is 6.73. The fraction of sp³-hybridized carbons (Fsp3) is 0.250. The summed E-state index contributed by atoms with van der Waals surface area (Å²) in [7, 11) is 3.18. The molecule has 0 radical (unpaired) electrons. The molecule has 0 amide bonds. The number of hydrogen-bond donors (Lipinski definition) is 0. The van der Waals surface area contributed by atoms with E-state index in [0.29, 0.717) is 0 Å². The van der Waals surface area contributed by atoms with E-state index >= 15 is 0 Å². The van der Waals surface area contributed by atoms with Crippen LogP contribution in [0.25, 0.3) is 11.1 Å². The van der Waals surface area contributed by atoms with Gasteiger partial charge in [0.2, 0.25) is 0 Å². The Labute approximate surface area is 139 Å². The lowest BCUT2D eigenvalue weighted by atomic mass is 10.0. The second-order valence-corrected chi connectivity index (χ2v) is 5.38. The SMILES string of the molecule is CN(C)/C=N/c1ncc(-c2ccc(C(F)(F)F)cc2)cc1C(F)(F)F. The van der Waals surface area contributed by atoms with Crippen LogP contribution >= 0.6 is 0 Å². The van der Waals surface area contributed by atoms with Gasteiger partial charge in [0.05, 0.1) is 11.9 Å². The first-order valence-corrected chi connectivity index (χ1v) is 6.94. The van der Waals surface area contributed by atoms with Crippen molar-refractivity contribution in [1.29, 1.82) is 0 Å². The van der Waals surface area contributed by atoms with Crippen molar-refractivity contribution in [2.75, 3.05) is 14.1 Å². The standard InChI is InChI=1S/C16H13F6N3/c1-25(2)9-24-14-13(16(20,21)22)7-11(8-23-14)10-3-5-12(6-4-10)15(17,18)19/h3-9H,1-2H3/b24-9+. The maximum Gasteiger partial charge on any atom is 0.420 e. The summed E-state index contributed by atoms with van der Waals surface area (Å²) >= 11 is 0. The predicted molar refractivity (Wildman–Crippen MR) is 81.5 cm³/mol. The Kier molecular flexibility index (Phi) is 5.05. The lowest BCUT2D eigenvalue weighted by Gasteiger charge is -2.12. The van der Waals surface area contributed by atoms with Crippen LogP contribution in [0.5, 0.6) is 0 Å². The average Bonchev–Trinajstić information content (AvgIpc) is 2.51. The van der Waals surface area contributed by atoms with E-state index < -0.39 is 29.3 Å². The smallest absolute Gasteiger partial charge is 0.369 e. The van der Waals surface area contributed by atoms with Crippen LogP contribution in [0.2, 0.25) is 0 Å². The van der Waals surface area contributed by atoms with Crippen LogP contribution in [-0.2, 0) is 12.4 Å². The van der Waals surface area contributed by atoms with E-state index in [1.165, 1.54) is 11.2 Å². The molecule has 0 fully saturated rings. The molecule has 1 aromatic carbocycles. The highest BCUT2D eigenvalue weighted by atomic mass is 19.4. The van der Waals surface area contributed by atoms with Crippen LogP contribution in [0.15, 0.2) is 41.5 Å². The summed E-state index contributed by atoms with van der Waals surface area (Å²) in [6.45, 7) is 0. The van der Waals surface area contributed by atoms with Gasteiger partial charge in [-0.2, -0.15) is 26.3 Å². The van der Waals surface area contributed by atoms with Crippen LogP contribution in [0.4, 0.5) is 32.2 Å². The molecule has 0 saturated heterocycles. The molecule has 0 aliphatic rings. The molecule has 1 heterocycles. The van der Waals surface area contributed by atoms with E-state index in [0.717, 1.165) is 36.5 Å². The zero-order valence-electron chi connectivity index (χ0n) is 13.2. The Morgan fingerprint density at radius 3 is 2.00 bits per heavy atom. The van der Waals surface area contributed by atoms with E-state index in [-0.39, 0.29) is 11.1 Å². The van der Waals surface area contributed by atoms with Crippen molar-refractivity contribution >= 4 is 12.2 Å². The number of nitrogens with zero attached hydrogens (tertiary/aromatic N) is 3. The topological polar surface area (TPSA) is 28.5 Å². The molecule has 0 unspecified atom stereocenters. The molecule has 0 aliphatic carbocycles. The Hall–Kier alpha value is -2.58. The van der Waals surface area contributed by atoms with Crippen molar-refractivity contribution in [3.8, 4) is 11.1 Å². The molecule has 134 valence electrons. The van der Waals surface area contributed by atoms with Crippen LogP contribution in [0.1, 0.15) is 11.1 Å². The summed E-state index contributed by atoms with van der Waals surface area (Å²) in [5.74, 6) is -0.517. The molecule has 1 aromatic heterocycles. The first-order valence-electron chi connectivity index (χ1n) is 6.94. The minimum absolute atomic E-state index is 0.0462. The van der Waals surface area contributed by atoms with E-state index in [4.69, 9.17) is 0 Å². The summed E-state index contributed by atoms with van der Waals surface area (Å²) in [4.78, 5) is 8.82. The number of pyridine rings is 1. The van der Waals surface area contributed by atoms with Gasteiger partial charge in [0.1, 0.15) is 5.56 Å². The average molecular weight is 361 g/mol. The van der Waals surface area contributed by atoms with Crippen molar-refractivity contribution in [3.05, 3.63) is 47.7 Å². The monoisotopic (exact) mass is 361 g/mol. The molecular formula is C16H13F6N3. The van der Waals surface area contributed by atoms with Crippen molar-refractivity contribution in [2.24, 2.45) is 4.99 Å². The zero-order valence-corrected chi connectivity index (χ0v) is 13.2. The molecule has 2 rings (SSSR count). The van der Waals surface area contributed by atoms with E-state index in [1.807, 2.05) is 0 Å². The predicted octanol–water partition coefficient (Wildman–Crippen LogP) is 5.01. The molecule has 9 heteroatoms. The van der Waals surface area contributed by atoms with Gasteiger partial charge in [-0.1, -0.05) is 12.1 Å². The largest absolute Gasteiger partial charge is 0.420 e. The highest BCUT2D eigenvalue weighted by molar-refractivity contribution is 5.68. The van der Waals surface area contributed by atoms with Gasteiger partial charge in [-0.15, -0.1) is 0 Å². The fourth-order valence-corrected chi connectivity index (χ4v) is 1.95. The van der Waals surface area contributed by atoms with Crippen LogP contribution in [-0.4, -0.2) is 30.3 Å². The second-order valence-electron chi connectivity index (χ2n) is 5.38. The van der Waals surface area contributed by atoms with Gasteiger partial charge in [0, 0.05) is 25.9 Å². The fourth-order valence-electron chi connectivity index (χ4n) is 1.95. The molecule has 25 heavy (non-hydrogen) atoms. The number of hydrogen-bond acceptors (Lipinski definition) is 2. The van der Waals surface area contributed by atoms with Crippen molar-refractivity contribution < 1.29 is 26.3 Å². The molecule has 0 saturated carbocycles. The number of aliphatic imine (C=N–C) groups is 1. The van der Waals surface area contributed by atoms with Gasteiger partial charge < -0.3 is 4.90 Å². The third kappa shape index (κ3) is 4.71. The third-order valence-electron chi connectivity index (χ3n) is 3.13. The summed E-state index contributed by atoms with van der Waals surface area (Å²) in [6, 6.07) is 4.63. The first-order chi connectivity index (χ1) is 11.5. The minimum Gasteiger partial charge on any atom is -0.369 e. The van der Waals surface area contributed by atoms with Gasteiger partial charge in [0.15, 0.2) is 5.82 Å². The molecule has 0 aliphatic heterocycles. The Morgan fingerprint density at radius 1 is 0.920 bits per heavy atom. The van der Waals surface area contributed by atoms with Gasteiger partial charge >= 0.3 is 12.4 Å². The summed E-state index contributed by atoms with van der Waals surface area (Å²) in [5.41, 5.74) is -1.71. The molecular weight excluding hydrogens is 348 g/mol. The molecule has 0 bridgehead atoms. The first kappa shape index (κ1) is 18.8. The number of aromatic nitrogens is 1. The number of benzene rings is 1. The number of halogens is 6. The van der Waals surface area contributed by atoms with Crippen molar-refractivity contribution in [3.63, 3.8) is 0 Å². The molecule has 0 spiro atoms. The third-order valence-corrected chi connectivity index (χ3v) is 3.13. The Bertz CT molecular complexity index is 761. The Morgan fingerprint density at radius 2 is 1.52 bits per heavy atom. The molecule has 3 nitrogen and oxygen atoms in total. The number of alkyl halides is 6. The van der Waals surface area contributed by atoms with Gasteiger partial charge in [-0.05, 0) is 23.8 Å². The van der Waals surface area contributed by atoms with Gasteiger partial charge in [-0.25, -0.2) is 9.98 Å². The lowest BCUT2D eigenvalue weighted by molar-refractivity contribution is -0.138. The van der Waals surface area contributed by atoms with Gasteiger partial charge in [-0.3, -0.25) is 0 Å². The van der Waals surface area contributed by atoms with Gasteiger partial charge in [0.25, 0.3) is 0 Å². The molecule has 0 atom stereocenters. The Balaban J connectivity index is 2.46. The highest BCUT2D eigenvalue weighted by Gasteiger charge is 2.35. The quantitative estimate of drug-likeness (QED) is 0.437. The maximum atomic E-state index is 13.2.